The van der Waals surface area contributed by atoms with Crippen LogP contribution in [0.15, 0.2) is 28.7 Å². The molecule has 1 saturated heterocycles. The normalized spacial score (nSPS) is 38.6. The molecule has 0 aromatic heterocycles. The molecule has 4 nitrogen and oxygen atoms in total. The predicted molar refractivity (Wildman–Crippen MR) is 112 cm³/mol. The molecule has 5 aliphatic rings. The average molecular weight is 450 g/mol. The van der Waals surface area contributed by atoms with Crippen LogP contribution in [0.1, 0.15) is 50.2 Å². The Labute approximate surface area is 176 Å². The van der Waals surface area contributed by atoms with Gasteiger partial charge >= 0.3 is 0 Å². The van der Waals surface area contributed by atoms with Crippen LogP contribution in [-0.4, -0.2) is 54.6 Å². The summed E-state index contributed by atoms with van der Waals surface area (Å²) < 4.78 is 13.5. The number of morpholine rings is 1. The van der Waals surface area contributed by atoms with Crippen molar-refractivity contribution in [3.8, 4) is 0 Å². The Bertz CT molecular complexity index is 661. The van der Waals surface area contributed by atoms with Crippen molar-refractivity contribution in [2.24, 2.45) is 17.8 Å². The smallest absolute Gasteiger partial charge is 0.0952 e. The standard InChI is InChI=1S/C23H32BrNO3/c24-20-3-1-2-19(9-20)22-14-25(4-5-27-22)13-21(26)15-28-23-10-16-6-17(11-23)8-18(7-16)12-23/h1-3,9,16-18,21-22,26H,4-8,10-15H2. The highest BCUT2D eigenvalue weighted by molar-refractivity contribution is 9.10. The topological polar surface area (TPSA) is 41.9 Å². The summed E-state index contributed by atoms with van der Waals surface area (Å²) in [6, 6.07) is 8.33. The van der Waals surface area contributed by atoms with Crippen LogP contribution in [0.25, 0.3) is 0 Å². The molecule has 4 aliphatic carbocycles. The van der Waals surface area contributed by atoms with E-state index in [-0.39, 0.29) is 11.7 Å². The zero-order chi connectivity index (χ0) is 19.1. The Balaban J connectivity index is 1.13. The summed E-state index contributed by atoms with van der Waals surface area (Å²) in [4.78, 5) is 2.32. The SMILES string of the molecule is OC(COC12CC3CC(CC(C3)C1)C2)CN1CCOC(c2cccc(Br)c2)C1. The summed E-state index contributed by atoms with van der Waals surface area (Å²) >= 11 is 3.54. The molecule has 0 spiro atoms. The zero-order valence-corrected chi connectivity index (χ0v) is 18.1. The monoisotopic (exact) mass is 449 g/mol. The maximum atomic E-state index is 10.7. The van der Waals surface area contributed by atoms with E-state index in [9.17, 15) is 5.11 Å². The van der Waals surface area contributed by atoms with E-state index in [4.69, 9.17) is 9.47 Å². The molecule has 5 heteroatoms. The molecule has 4 saturated carbocycles. The number of benzene rings is 1. The third kappa shape index (κ3) is 4.20. The maximum Gasteiger partial charge on any atom is 0.0952 e. The molecule has 0 radical (unpaired) electrons. The Morgan fingerprint density at radius 2 is 1.89 bits per heavy atom. The highest BCUT2D eigenvalue weighted by Gasteiger charge is 2.51. The minimum Gasteiger partial charge on any atom is -0.389 e. The van der Waals surface area contributed by atoms with Crippen LogP contribution in [0.4, 0.5) is 0 Å². The van der Waals surface area contributed by atoms with E-state index in [0.717, 1.165) is 35.3 Å². The van der Waals surface area contributed by atoms with Gasteiger partial charge in [0.1, 0.15) is 0 Å². The number of nitrogens with zero attached hydrogens (tertiary/aromatic N) is 1. The lowest BCUT2D eigenvalue weighted by Gasteiger charge is -2.56. The van der Waals surface area contributed by atoms with E-state index in [1.54, 1.807) is 0 Å². The van der Waals surface area contributed by atoms with Gasteiger partial charge in [0.15, 0.2) is 0 Å². The minimum atomic E-state index is -0.422. The van der Waals surface area contributed by atoms with E-state index in [0.29, 0.717) is 19.8 Å². The van der Waals surface area contributed by atoms with Gasteiger partial charge in [0, 0.05) is 24.1 Å². The van der Waals surface area contributed by atoms with Gasteiger partial charge in [0.05, 0.1) is 31.0 Å². The number of hydrogen-bond donors (Lipinski definition) is 1. The van der Waals surface area contributed by atoms with Gasteiger partial charge < -0.3 is 14.6 Å². The van der Waals surface area contributed by atoms with E-state index >= 15 is 0 Å². The maximum absolute atomic E-state index is 10.7. The van der Waals surface area contributed by atoms with Crippen molar-refractivity contribution in [1.82, 2.24) is 4.90 Å². The molecule has 28 heavy (non-hydrogen) atoms. The lowest BCUT2D eigenvalue weighted by molar-refractivity contribution is -0.177. The van der Waals surface area contributed by atoms with Crippen LogP contribution < -0.4 is 0 Å². The van der Waals surface area contributed by atoms with Gasteiger partial charge in [-0.3, -0.25) is 4.90 Å². The highest BCUT2D eigenvalue weighted by Crippen LogP contribution is 2.57. The largest absolute Gasteiger partial charge is 0.389 e. The second-order valence-corrected chi connectivity index (χ2v) is 10.7. The van der Waals surface area contributed by atoms with Crippen LogP contribution in [-0.2, 0) is 9.47 Å². The van der Waals surface area contributed by atoms with Crippen molar-refractivity contribution in [3.05, 3.63) is 34.3 Å². The molecule has 6 rings (SSSR count). The average Bonchev–Trinajstić information content (AvgIpc) is 2.66. The summed E-state index contributed by atoms with van der Waals surface area (Å²) in [7, 11) is 0. The van der Waals surface area contributed by atoms with E-state index in [2.05, 4.69) is 39.0 Å². The summed E-state index contributed by atoms with van der Waals surface area (Å²) in [5.41, 5.74) is 1.28. The molecule has 5 fully saturated rings. The van der Waals surface area contributed by atoms with Gasteiger partial charge in [-0.25, -0.2) is 0 Å². The lowest BCUT2D eigenvalue weighted by atomic mass is 9.54. The number of aliphatic hydroxyl groups is 1. The molecule has 1 N–H and O–H groups in total. The van der Waals surface area contributed by atoms with Gasteiger partial charge in [0.25, 0.3) is 0 Å². The Kier molecular flexibility index (Phi) is 5.57. The number of hydrogen-bond acceptors (Lipinski definition) is 4. The van der Waals surface area contributed by atoms with E-state index in [1.807, 2.05) is 6.07 Å². The van der Waals surface area contributed by atoms with Gasteiger partial charge in [-0.2, -0.15) is 0 Å². The summed E-state index contributed by atoms with van der Waals surface area (Å²) in [5, 5.41) is 10.7. The van der Waals surface area contributed by atoms with Crippen LogP contribution >= 0.6 is 15.9 Å². The minimum absolute atomic E-state index is 0.0718. The zero-order valence-electron chi connectivity index (χ0n) is 16.6. The number of rotatable bonds is 6. The fourth-order valence-electron chi connectivity index (χ4n) is 6.61. The highest BCUT2D eigenvalue weighted by atomic mass is 79.9. The molecule has 1 aliphatic heterocycles. The number of aliphatic hydroxyl groups excluding tert-OH is 1. The fraction of sp³-hybridized carbons (Fsp3) is 0.739. The van der Waals surface area contributed by atoms with E-state index in [1.165, 1.54) is 44.1 Å². The Morgan fingerprint density at radius 1 is 1.18 bits per heavy atom. The van der Waals surface area contributed by atoms with Crippen LogP contribution in [0.3, 0.4) is 0 Å². The van der Waals surface area contributed by atoms with Crippen molar-refractivity contribution in [1.29, 1.82) is 0 Å². The number of β-amino-alcohol motifs (C(OH)–C–C–N with tert-alkyl or cyclic N) is 1. The van der Waals surface area contributed by atoms with Gasteiger partial charge in [-0.1, -0.05) is 28.1 Å². The number of ether oxygens (including phenoxy) is 2. The van der Waals surface area contributed by atoms with Crippen molar-refractivity contribution in [2.75, 3.05) is 32.8 Å². The second kappa shape index (κ2) is 7.99. The molecule has 4 bridgehead atoms. The first-order valence-corrected chi connectivity index (χ1v) is 11.8. The first-order chi connectivity index (χ1) is 13.6. The van der Waals surface area contributed by atoms with Gasteiger partial charge in [-0.15, -0.1) is 0 Å². The van der Waals surface area contributed by atoms with Crippen molar-refractivity contribution >= 4 is 15.9 Å². The predicted octanol–water partition coefficient (Wildman–Crippen LogP) is 4.17. The quantitative estimate of drug-likeness (QED) is 0.707. The molecular formula is C23H32BrNO3. The lowest BCUT2D eigenvalue weighted by Crippen LogP contribution is -2.53. The molecule has 1 heterocycles. The molecule has 154 valence electrons. The van der Waals surface area contributed by atoms with Gasteiger partial charge in [0.2, 0.25) is 0 Å². The van der Waals surface area contributed by atoms with Crippen LogP contribution in [0.2, 0.25) is 0 Å². The van der Waals surface area contributed by atoms with E-state index < -0.39 is 6.10 Å². The third-order valence-corrected chi connectivity index (χ3v) is 7.90. The molecule has 0 amide bonds. The van der Waals surface area contributed by atoms with Gasteiger partial charge in [-0.05, 0) is 74.0 Å². The van der Waals surface area contributed by atoms with Crippen molar-refractivity contribution < 1.29 is 14.6 Å². The molecular weight excluding hydrogens is 418 g/mol. The summed E-state index contributed by atoms with van der Waals surface area (Å²) in [6.45, 7) is 3.55. The van der Waals surface area contributed by atoms with Crippen LogP contribution in [0.5, 0.6) is 0 Å². The molecule has 2 unspecified atom stereocenters. The third-order valence-electron chi connectivity index (χ3n) is 7.40. The fourth-order valence-corrected chi connectivity index (χ4v) is 7.03. The van der Waals surface area contributed by atoms with Crippen molar-refractivity contribution in [3.63, 3.8) is 0 Å². The Morgan fingerprint density at radius 3 is 2.57 bits per heavy atom. The molecule has 1 aromatic rings. The van der Waals surface area contributed by atoms with Crippen molar-refractivity contribution in [2.45, 2.75) is 56.3 Å². The first-order valence-electron chi connectivity index (χ1n) is 11.0. The molecule has 1 aromatic carbocycles. The first kappa shape index (κ1) is 19.5. The number of halogens is 1. The second-order valence-electron chi connectivity index (χ2n) is 9.74. The summed E-state index contributed by atoms with van der Waals surface area (Å²) in [5.74, 6) is 2.65. The Hall–Kier alpha value is -0.460. The van der Waals surface area contributed by atoms with Crippen LogP contribution in [0, 0.1) is 17.8 Å². The summed E-state index contributed by atoms with van der Waals surface area (Å²) in [6.07, 6.45) is 7.62. The molecule has 2 atom stereocenters.